The van der Waals surface area contributed by atoms with E-state index >= 15 is 0 Å². The summed E-state index contributed by atoms with van der Waals surface area (Å²) in [5.74, 6) is 1.92. The summed E-state index contributed by atoms with van der Waals surface area (Å²) in [7, 11) is 1.72. The number of methoxy groups -OCH3 is 1. The van der Waals surface area contributed by atoms with Crippen molar-refractivity contribution in [3.8, 4) is 17.1 Å². The van der Waals surface area contributed by atoms with Crippen LogP contribution in [0.15, 0.2) is 77.2 Å². The Labute approximate surface area is 159 Å². The van der Waals surface area contributed by atoms with Gasteiger partial charge in [0, 0.05) is 6.07 Å². The summed E-state index contributed by atoms with van der Waals surface area (Å²) >= 11 is 0. The van der Waals surface area contributed by atoms with Crippen LogP contribution in [0.3, 0.4) is 0 Å². The smallest absolute Gasteiger partial charge is 0.364 e. The van der Waals surface area contributed by atoms with Gasteiger partial charge in [0.15, 0.2) is 0 Å². The summed E-state index contributed by atoms with van der Waals surface area (Å²) in [6.07, 6.45) is 2.92. The third-order valence-electron chi connectivity index (χ3n) is 5.49. The lowest BCUT2D eigenvalue weighted by Gasteiger charge is -2.17. The largest absolute Gasteiger partial charge is 0.497 e. The Morgan fingerprint density at radius 1 is 0.889 bits per heavy atom. The van der Waals surface area contributed by atoms with Crippen molar-refractivity contribution < 1.29 is 9.15 Å². The van der Waals surface area contributed by atoms with Crippen molar-refractivity contribution in [2.24, 2.45) is 0 Å². The minimum absolute atomic E-state index is 0.905. The zero-order chi connectivity index (χ0) is 18.2. The standard InChI is InChI=1S/C25H21O2/c1-26-19-12-14-20-18(16-19)11-13-22-23(15-17-7-3-2-4-8-17)21-9-5-6-10-24(21)27-25(20)22/h2-10,12,14,16H,11,13,15H2,1H3/q+1. The van der Waals surface area contributed by atoms with E-state index < -0.39 is 0 Å². The molecule has 2 heteroatoms. The van der Waals surface area contributed by atoms with Crippen LogP contribution >= 0.6 is 0 Å². The molecule has 1 heterocycles. The van der Waals surface area contributed by atoms with Crippen LogP contribution in [-0.4, -0.2) is 7.11 Å². The number of ether oxygens (including phenoxy) is 1. The number of benzene rings is 3. The lowest BCUT2D eigenvalue weighted by molar-refractivity contribution is 0.414. The van der Waals surface area contributed by atoms with Crippen LogP contribution in [0.5, 0.6) is 5.75 Å². The van der Waals surface area contributed by atoms with Crippen LogP contribution in [0.2, 0.25) is 0 Å². The zero-order valence-corrected chi connectivity index (χ0v) is 15.4. The molecule has 0 aliphatic heterocycles. The first kappa shape index (κ1) is 16.1. The molecular weight excluding hydrogens is 332 g/mol. The van der Waals surface area contributed by atoms with Gasteiger partial charge in [-0.2, -0.15) is 0 Å². The van der Waals surface area contributed by atoms with Crippen molar-refractivity contribution in [3.63, 3.8) is 0 Å². The molecule has 1 aliphatic rings. The fraction of sp³-hybridized carbons (Fsp3) is 0.160. The van der Waals surface area contributed by atoms with Gasteiger partial charge in [-0.25, -0.2) is 4.42 Å². The van der Waals surface area contributed by atoms with Crippen molar-refractivity contribution in [2.45, 2.75) is 19.3 Å². The van der Waals surface area contributed by atoms with Crippen molar-refractivity contribution in [2.75, 3.05) is 7.11 Å². The van der Waals surface area contributed by atoms with Crippen LogP contribution in [0, 0.1) is 0 Å². The van der Waals surface area contributed by atoms with Crippen molar-refractivity contribution in [1.82, 2.24) is 0 Å². The summed E-state index contributed by atoms with van der Waals surface area (Å²) < 4.78 is 11.8. The van der Waals surface area contributed by atoms with Gasteiger partial charge >= 0.3 is 11.3 Å². The van der Waals surface area contributed by atoms with Gasteiger partial charge < -0.3 is 4.74 Å². The molecule has 1 aliphatic carbocycles. The van der Waals surface area contributed by atoms with Crippen molar-refractivity contribution in [3.05, 3.63) is 95.1 Å². The van der Waals surface area contributed by atoms with Gasteiger partial charge in [0.05, 0.1) is 23.6 Å². The van der Waals surface area contributed by atoms with Crippen LogP contribution < -0.4 is 4.74 Å². The van der Waals surface area contributed by atoms with Crippen molar-refractivity contribution in [1.29, 1.82) is 0 Å². The lowest BCUT2D eigenvalue weighted by atomic mass is 9.84. The highest BCUT2D eigenvalue weighted by atomic mass is 16.5. The van der Waals surface area contributed by atoms with E-state index in [0.717, 1.165) is 36.4 Å². The first-order chi connectivity index (χ1) is 13.3. The first-order valence-corrected chi connectivity index (χ1v) is 9.41. The SMILES string of the molecule is COc1ccc2c(c1)CCc1c-2[o+]c2ccccc2c1Cc1ccccc1. The molecule has 27 heavy (non-hydrogen) atoms. The maximum absolute atomic E-state index is 6.42. The first-order valence-electron chi connectivity index (χ1n) is 9.41. The topological polar surface area (TPSA) is 20.5 Å². The molecule has 132 valence electrons. The number of para-hydroxylation sites is 1. The number of rotatable bonds is 3. The molecule has 0 bridgehead atoms. The number of hydrogen-bond acceptors (Lipinski definition) is 1. The van der Waals surface area contributed by atoms with E-state index in [4.69, 9.17) is 9.15 Å². The Morgan fingerprint density at radius 3 is 2.56 bits per heavy atom. The molecule has 1 aromatic heterocycles. The molecule has 0 saturated carbocycles. The molecule has 0 N–H and O–H groups in total. The van der Waals surface area contributed by atoms with Crippen LogP contribution in [0.4, 0.5) is 0 Å². The lowest BCUT2D eigenvalue weighted by Crippen LogP contribution is -2.08. The Morgan fingerprint density at radius 2 is 1.70 bits per heavy atom. The fourth-order valence-electron chi connectivity index (χ4n) is 4.15. The fourth-order valence-corrected chi connectivity index (χ4v) is 4.15. The van der Waals surface area contributed by atoms with Gasteiger partial charge in [0.1, 0.15) is 5.75 Å². The summed E-state index contributed by atoms with van der Waals surface area (Å²) in [6, 6.07) is 25.4. The van der Waals surface area contributed by atoms with E-state index in [1.807, 2.05) is 12.1 Å². The molecule has 0 amide bonds. The molecule has 0 spiro atoms. The van der Waals surface area contributed by atoms with Crippen molar-refractivity contribution >= 4 is 11.0 Å². The molecule has 0 atom stereocenters. The summed E-state index contributed by atoms with van der Waals surface area (Å²) in [5.41, 5.74) is 7.50. The van der Waals surface area contributed by atoms with Crippen LogP contribution in [0.1, 0.15) is 22.3 Å². The average Bonchev–Trinajstić information content (AvgIpc) is 2.73. The van der Waals surface area contributed by atoms with Gasteiger partial charge in [0.25, 0.3) is 0 Å². The molecule has 0 unspecified atom stereocenters. The highest BCUT2D eigenvalue weighted by molar-refractivity contribution is 5.86. The molecule has 4 aromatic rings. The second-order valence-electron chi connectivity index (χ2n) is 7.07. The zero-order valence-electron chi connectivity index (χ0n) is 15.4. The van der Waals surface area contributed by atoms with E-state index in [2.05, 4.69) is 60.7 Å². The van der Waals surface area contributed by atoms with Gasteiger partial charge in [-0.15, -0.1) is 0 Å². The van der Waals surface area contributed by atoms with E-state index in [-0.39, 0.29) is 0 Å². The molecule has 3 aromatic carbocycles. The highest BCUT2D eigenvalue weighted by Gasteiger charge is 2.31. The molecule has 0 radical (unpaired) electrons. The predicted molar refractivity (Wildman–Crippen MR) is 109 cm³/mol. The quantitative estimate of drug-likeness (QED) is 0.416. The predicted octanol–water partition coefficient (Wildman–Crippen LogP) is 6.08. The van der Waals surface area contributed by atoms with E-state index in [1.165, 1.54) is 33.2 Å². The number of fused-ring (bicyclic) bond motifs is 4. The molecule has 0 fully saturated rings. The van der Waals surface area contributed by atoms with Gasteiger partial charge in [-0.3, -0.25) is 0 Å². The maximum Gasteiger partial charge on any atom is 0.364 e. The average molecular weight is 353 g/mol. The van der Waals surface area contributed by atoms with E-state index in [0.29, 0.717) is 0 Å². The van der Waals surface area contributed by atoms with Gasteiger partial charge in [0.2, 0.25) is 0 Å². The van der Waals surface area contributed by atoms with E-state index in [9.17, 15) is 0 Å². The second-order valence-corrected chi connectivity index (χ2v) is 7.07. The van der Waals surface area contributed by atoms with Gasteiger partial charge in [-0.1, -0.05) is 42.5 Å². The molecule has 5 rings (SSSR count). The Bertz CT molecular complexity index is 1130. The van der Waals surface area contributed by atoms with Gasteiger partial charge in [-0.05, 0) is 60.2 Å². The summed E-state index contributed by atoms with van der Waals surface area (Å²) in [6.45, 7) is 0. The highest BCUT2D eigenvalue weighted by Crippen LogP contribution is 2.40. The Hall–Kier alpha value is -3.13. The van der Waals surface area contributed by atoms with Crippen LogP contribution in [-0.2, 0) is 19.3 Å². The molecule has 0 saturated heterocycles. The monoisotopic (exact) mass is 353 g/mol. The molecular formula is C25H21O2+. The van der Waals surface area contributed by atoms with Crippen LogP contribution in [0.25, 0.3) is 22.3 Å². The summed E-state index contributed by atoms with van der Waals surface area (Å²) in [4.78, 5) is 0. The number of aryl methyl sites for hydroxylation is 1. The molecule has 2 nitrogen and oxygen atoms in total. The minimum atomic E-state index is 0.905. The number of hydrogen-bond donors (Lipinski definition) is 0. The maximum atomic E-state index is 6.42. The van der Waals surface area contributed by atoms with E-state index in [1.54, 1.807) is 7.11 Å². The third-order valence-corrected chi connectivity index (χ3v) is 5.49. The Kier molecular flexibility index (Phi) is 3.90. The summed E-state index contributed by atoms with van der Waals surface area (Å²) in [5, 5.41) is 1.22. The minimum Gasteiger partial charge on any atom is -0.497 e. The second kappa shape index (κ2) is 6.55. The normalized spacial score (nSPS) is 12.5. The Balaban J connectivity index is 1.75. The third kappa shape index (κ3) is 2.78.